The molecule has 1 heterocycles. The largest absolute Gasteiger partial charge is 0.508 e. The molecule has 2 N–H and O–H groups in total. The van der Waals surface area contributed by atoms with Crippen molar-refractivity contribution in [2.45, 2.75) is 0 Å². The van der Waals surface area contributed by atoms with Gasteiger partial charge in [0, 0.05) is 25.0 Å². The van der Waals surface area contributed by atoms with Gasteiger partial charge in [0.25, 0.3) is 5.91 Å². The second-order valence-corrected chi connectivity index (χ2v) is 3.35. The van der Waals surface area contributed by atoms with E-state index in [1.165, 1.54) is 17.2 Å². The third-order valence-corrected chi connectivity index (χ3v) is 2.25. The summed E-state index contributed by atoms with van der Waals surface area (Å²) in [7, 11) is 1.64. The van der Waals surface area contributed by atoms with Gasteiger partial charge in [0.05, 0.1) is 0 Å². The van der Waals surface area contributed by atoms with Gasteiger partial charge < -0.3 is 10.0 Å². The number of aromatic nitrogens is 2. The summed E-state index contributed by atoms with van der Waals surface area (Å²) in [5.74, 6) is -0.0788. The average molecular weight is 217 g/mol. The molecule has 0 aliphatic rings. The molecule has 16 heavy (non-hydrogen) atoms. The number of benzene rings is 1. The fourth-order valence-electron chi connectivity index (χ4n) is 1.37. The number of phenols is 1. The molecule has 0 fully saturated rings. The maximum Gasteiger partial charge on any atom is 0.276 e. The number of carbonyl (C=O) groups is 1. The molecule has 0 aliphatic carbocycles. The molecule has 0 aliphatic heterocycles. The van der Waals surface area contributed by atoms with Crippen molar-refractivity contribution in [3.8, 4) is 5.75 Å². The molecule has 0 saturated carbocycles. The first kappa shape index (κ1) is 10.2. The van der Waals surface area contributed by atoms with Crippen molar-refractivity contribution in [2.75, 3.05) is 11.9 Å². The highest BCUT2D eigenvalue weighted by molar-refractivity contribution is 6.04. The molecular weight excluding hydrogens is 206 g/mol. The standard InChI is InChI=1S/C11H11N3O2/c1-14(8-3-2-4-9(15)7-8)11(16)10-5-6-12-13-10/h2-7,15H,1H3,(H,12,13). The van der Waals surface area contributed by atoms with Crippen LogP contribution in [0.5, 0.6) is 5.75 Å². The highest BCUT2D eigenvalue weighted by atomic mass is 16.3. The first-order valence-electron chi connectivity index (χ1n) is 4.75. The quantitative estimate of drug-likeness (QED) is 0.798. The molecule has 82 valence electrons. The van der Waals surface area contributed by atoms with E-state index in [0.29, 0.717) is 11.4 Å². The number of rotatable bonds is 2. The van der Waals surface area contributed by atoms with E-state index in [4.69, 9.17) is 0 Å². The van der Waals surface area contributed by atoms with Gasteiger partial charge in [-0.1, -0.05) is 6.07 Å². The molecule has 1 aromatic heterocycles. The first-order valence-corrected chi connectivity index (χ1v) is 4.75. The normalized spacial score (nSPS) is 10.1. The van der Waals surface area contributed by atoms with Gasteiger partial charge in [-0.05, 0) is 18.2 Å². The highest BCUT2D eigenvalue weighted by Gasteiger charge is 2.14. The predicted molar refractivity (Wildman–Crippen MR) is 59.4 cm³/mol. The number of carbonyl (C=O) groups excluding carboxylic acids is 1. The fraction of sp³-hybridized carbons (Fsp3) is 0.0909. The van der Waals surface area contributed by atoms with Gasteiger partial charge >= 0.3 is 0 Å². The minimum atomic E-state index is -0.205. The Morgan fingerprint density at radius 3 is 2.88 bits per heavy atom. The summed E-state index contributed by atoms with van der Waals surface area (Å²) in [6.07, 6.45) is 1.52. The van der Waals surface area contributed by atoms with Crippen LogP contribution in [0, 0.1) is 0 Å². The van der Waals surface area contributed by atoms with Crippen LogP contribution in [0.3, 0.4) is 0 Å². The number of aromatic amines is 1. The first-order chi connectivity index (χ1) is 7.68. The van der Waals surface area contributed by atoms with Crippen LogP contribution in [-0.4, -0.2) is 28.3 Å². The minimum absolute atomic E-state index is 0.127. The summed E-state index contributed by atoms with van der Waals surface area (Å²) < 4.78 is 0. The number of phenolic OH excluding ortho intramolecular Hbond substituents is 1. The van der Waals surface area contributed by atoms with Crippen molar-refractivity contribution in [3.63, 3.8) is 0 Å². The summed E-state index contributed by atoms with van der Waals surface area (Å²) in [4.78, 5) is 13.3. The van der Waals surface area contributed by atoms with Gasteiger partial charge in [-0.25, -0.2) is 0 Å². The van der Waals surface area contributed by atoms with Crippen molar-refractivity contribution in [2.24, 2.45) is 0 Å². The molecule has 5 heteroatoms. The Hall–Kier alpha value is -2.30. The van der Waals surface area contributed by atoms with E-state index >= 15 is 0 Å². The summed E-state index contributed by atoms with van der Waals surface area (Å²) >= 11 is 0. The molecule has 0 unspecified atom stereocenters. The van der Waals surface area contributed by atoms with Gasteiger partial charge in [0.2, 0.25) is 0 Å². The zero-order valence-corrected chi connectivity index (χ0v) is 8.71. The molecule has 0 bridgehead atoms. The van der Waals surface area contributed by atoms with E-state index in [-0.39, 0.29) is 11.7 Å². The van der Waals surface area contributed by atoms with Crippen LogP contribution in [0.2, 0.25) is 0 Å². The van der Waals surface area contributed by atoms with Crippen molar-refractivity contribution >= 4 is 11.6 Å². The van der Waals surface area contributed by atoms with E-state index < -0.39 is 0 Å². The summed E-state index contributed by atoms with van der Waals surface area (Å²) in [6, 6.07) is 8.10. The minimum Gasteiger partial charge on any atom is -0.508 e. The molecule has 5 nitrogen and oxygen atoms in total. The zero-order valence-electron chi connectivity index (χ0n) is 8.71. The van der Waals surface area contributed by atoms with Crippen LogP contribution < -0.4 is 4.90 Å². The Morgan fingerprint density at radius 1 is 1.44 bits per heavy atom. The second-order valence-electron chi connectivity index (χ2n) is 3.35. The molecule has 0 saturated heterocycles. The van der Waals surface area contributed by atoms with Crippen LogP contribution in [0.25, 0.3) is 0 Å². The molecule has 0 radical (unpaired) electrons. The van der Waals surface area contributed by atoms with Gasteiger partial charge in [-0.2, -0.15) is 5.10 Å². The predicted octanol–water partition coefficient (Wildman–Crippen LogP) is 1.39. The topological polar surface area (TPSA) is 69.2 Å². The highest BCUT2D eigenvalue weighted by Crippen LogP contribution is 2.19. The summed E-state index contributed by atoms with van der Waals surface area (Å²) in [5, 5.41) is 15.6. The van der Waals surface area contributed by atoms with Crippen LogP contribution in [0.1, 0.15) is 10.5 Å². The van der Waals surface area contributed by atoms with E-state index in [2.05, 4.69) is 10.2 Å². The van der Waals surface area contributed by atoms with E-state index in [1.54, 1.807) is 31.3 Å². The number of anilines is 1. The number of aromatic hydroxyl groups is 1. The number of H-pyrrole nitrogens is 1. The number of nitrogens with zero attached hydrogens (tertiary/aromatic N) is 2. The Bertz CT molecular complexity index is 494. The lowest BCUT2D eigenvalue weighted by atomic mass is 10.2. The lowest BCUT2D eigenvalue weighted by molar-refractivity contribution is 0.0988. The number of nitrogens with one attached hydrogen (secondary N) is 1. The van der Waals surface area contributed by atoms with Crippen LogP contribution >= 0.6 is 0 Å². The maximum atomic E-state index is 11.9. The monoisotopic (exact) mass is 217 g/mol. The summed E-state index contributed by atoms with van der Waals surface area (Å²) in [6.45, 7) is 0. The van der Waals surface area contributed by atoms with Gasteiger partial charge in [-0.3, -0.25) is 9.89 Å². The van der Waals surface area contributed by atoms with Crippen LogP contribution in [0.4, 0.5) is 5.69 Å². The van der Waals surface area contributed by atoms with Gasteiger partial charge in [-0.15, -0.1) is 0 Å². The molecule has 1 amide bonds. The van der Waals surface area contributed by atoms with E-state index in [1.807, 2.05) is 0 Å². The molecule has 1 aromatic carbocycles. The number of amides is 1. The Kier molecular flexibility index (Phi) is 2.59. The molecular formula is C11H11N3O2. The second kappa shape index (κ2) is 4.06. The Labute approximate surface area is 92.3 Å². The Morgan fingerprint density at radius 2 is 2.25 bits per heavy atom. The third kappa shape index (κ3) is 1.88. The molecule has 2 aromatic rings. The van der Waals surface area contributed by atoms with Gasteiger partial charge in [0.15, 0.2) is 0 Å². The van der Waals surface area contributed by atoms with Crippen molar-refractivity contribution in [1.29, 1.82) is 0 Å². The Balaban J connectivity index is 2.26. The lowest BCUT2D eigenvalue weighted by Gasteiger charge is -2.16. The van der Waals surface area contributed by atoms with Crippen molar-refractivity contribution in [3.05, 3.63) is 42.2 Å². The number of hydrogen-bond donors (Lipinski definition) is 2. The van der Waals surface area contributed by atoms with E-state index in [0.717, 1.165) is 0 Å². The van der Waals surface area contributed by atoms with Crippen LogP contribution in [0.15, 0.2) is 36.5 Å². The SMILES string of the molecule is CN(C(=O)c1ccn[nH]1)c1cccc(O)c1. The van der Waals surface area contributed by atoms with E-state index in [9.17, 15) is 9.90 Å². The fourth-order valence-corrected chi connectivity index (χ4v) is 1.37. The van der Waals surface area contributed by atoms with Crippen LogP contribution in [-0.2, 0) is 0 Å². The number of hydrogen-bond acceptors (Lipinski definition) is 3. The third-order valence-electron chi connectivity index (χ3n) is 2.25. The molecule has 0 atom stereocenters. The zero-order chi connectivity index (χ0) is 11.5. The maximum absolute atomic E-state index is 11.9. The smallest absolute Gasteiger partial charge is 0.276 e. The van der Waals surface area contributed by atoms with Crippen molar-refractivity contribution in [1.82, 2.24) is 10.2 Å². The average Bonchev–Trinajstić information content (AvgIpc) is 2.80. The molecule has 0 spiro atoms. The van der Waals surface area contributed by atoms with Crippen molar-refractivity contribution < 1.29 is 9.90 Å². The molecule has 2 rings (SSSR count). The van der Waals surface area contributed by atoms with Gasteiger partial charge in [0.1, 0.15) is 11.4 Å². The summed E-state index contributed by atoms with van der Waals surface area (Å²) in [5.41, 5.74) is 1.03. The lowest BCUT2D eigenvalue weighted by Crippen LogP contribution is -2.26.